The number of pyridine rings is 2. The third kappa shape index (κ3) is 2.59. The molecule has 3 N–H and O–H groups in total. The molecule has 0 aromatic carbocycles. The average Bonchev–Trinajstić information content (AvgIpc) is 2.99. The van der Waals surface area contributed by atoms with Crippen LogP contribution in [0.5, 0.6) is 0 Å². The maximum atomic E-state index is 9.07. The minimum atomic E-state index is 0.147. The fourth-order valence-electron chi connectivity index (χ4n) is 2.90. The first-order valence-electron chi connectivity index (χ1n) is 7.58. The summed E-state index contributed by atoms with van der Waals surface area (Å²) in [6.07, 6.45) is 3.58. The normalized spacial score (nSPS) is 18.1. The number of aromatic nitrogens is 3. The molecule has 7 heteroatoms. The van der Waals surface area contributed by atoms with Gasteiger partial charge >= 0.3 is 0 Å². The molecule has 0 aliphatic carbocycles. The van der Waals surface area contributed by atoms with Gasteiger partial charge in [0.25, 0.3) is 0 Å². The topological polar surface area (TPSA) is 98.7 Å². The molecule has 1 atom stereocenters. The summed E-state index contributed by atoms with van der Waals surface area (Å²) in [5.41, 5.74) is 3.03. The number of aromatic amines is 1. The molecule has 1 unspecified atom stereocenters. The van der Waals surface area contributed by atoms with Gasteiger partial charge in [-0.05, 0) is 12.1 Å². The van der Waals surface area contributed by atoms with Crippen molar-refractivity contribution in [2.24, 2.45) is 0 Å². The lowest BCUT2D eigenvalue weighted by atomic mass is 10.1. The molecule has 7 nitrogen and oxygen atoms in total. The Morgan fingerprint density at radius 2 is 2.39 bits per heavy atom. The number of nitrogens with zero attached hydrogens (tertiary/aromatic N) is 3. The Morgan fingerprint density at radius 1 is 1.43 bits per heavy atom. The van der Waals surface area contributed by atoms with Gasteiger partial charge in [0, 0.05) is 42.3 Å². The Balaban J connectivity index is 1.72. The molecule has 1 saturated heterocycles. The number of fused-ring (bicyclic) bond motifs is 3. The van der Waals surface area contributed by atoms with E-state index in [0.717, 1.165) is 53.9 Å². The van der Waals surface area contributed by atoms with Gasteiger partial charge in [-0.3, -0.25) is 0 Å². The zero-order chi connectivity index (χ0) is 15.6. The first-order chi connectivity index (χ1) is 11.3. The van der Waals surface area contributed by atoms with Gasteiger partial charge in [0.15, 0.2) is 0 Å². The molecular formula is C16H16N6O. The molecule has 1 fully saturated rings. The standard InChI is InChI=1S/C16H16N6O/c17-6-10-5-12-14(9-20-10)22-16-15(12)13(1-2-19-16)21-8-11-7-18-3-4-23-11/h1-2,5,9,11,18H,3-4,7-8H2,(H2,19,21,22). The Labute approximate surface area is 132 Å². The molecule has 0 saturated carbocycles. The van der Waals surface area contributed by atoms with E-state index in [9.17, 15) is 0 Å². The molecule has 1 aliphatic rings. The van der Waals surface area contributed by atoms with E-state index in [1.807, 2.05) is 6.07 Å². The number of morpholine rings is 1. The molecule has 23 heavy (non-hydrogen) atoms. The lowest BCUT2D eigenvalue weighted by Crippen LogP contribution is -2.42. The van der Waals surface area contributed by atoms with Crippen LogP contribution in [0.25, 0.3) is 21.9 Å². The monoisotopic (exact) mass is 308 g/mol. The Morgan fingerprint density at radius 3 is 3.22 bits per heavy atom. The summed E-state index contributed by atoms with van der Waals surface area (Å²) in [6.45, 7) is 3.21. The third-order valence-electron chi connectivity index (χ3n) is 4.02. The predicted molar refractivity (Wildman–Crippen MR) is 87.2 cm³/mol. The van der Waals surface area contributed by atoms with E-state index in [1.165, 1.54) is 0 Å². The van der Waals surface area contributed by atoms with E-state index in [0.29, 0.717) is 5.69 Å². The third-order valence-corrected chi connectivity index (χ3v) is 4.02. The van der Waals surface area contributed by atoms with Crippen molar-refractivity contribution in [1.29, 1.82) is 5.26 Å². The molecule has 4 heterocycles. The van der Waals surface area contributed by atoms with Gasteiger partial charge in [0.1, 0.15) is 17.4 Å². The fraction of sp³-hybridized carbons (Fsp3) is 0.312. The minimum Gasteiger partial charge on any atom is -0.382 e. The van der Waals surface area contributed by atoms with Gasteiger partial charge in [-0.25, -0.2) is 9.97 Å². The molecule has 0 spiro atoms. The van der Waals surface area contributed by atoms with Crippen LogP contribution in [0.1, 0.15) is 5.69 Å². The molecule has 0 amide bonds. The van der Waals surface area contributed by atoms with Crippen molar-refractivity contribution < 1.29 is 4.74 Å². The molecule has 3 aromatic rings. The van der Waals surface area contributed by atoms with Crippen LogP contribution in [0, 0.1) is 11.3 Å². The van der Waals surface area contributed by atoms with E-state index in [4.69, 9.17) is 10.00 Å². The zero-order valence-electron chi connectivity index (χ0n) is 12.5. The van der Waals surface area contributed by atoms with E-state index in [1.54, 1.807) is 18.5 Å². The highest BCUT2D eigenvalue weighted by Gasteiger charge is 2.15. The number of nitrogens with one attached hydrogen (secondary N) is 3. The highest BCUT2D eigenvalue weighted by atomic mass is 16.5. The van der Waals surface area contributed by atoms with Crippen molar-refractivity contribution >= 4 is 27.6 Å². The maximum absolute atomic E-state index is 9.07. The summed E-state index contributed by atoms with van der Waals surface area (Å²) in [6, 6.07) is 5.82. The highest BCUT2D eigenvalue weighted by molar-refractivity contribution is 6.11. The summed E-state index contributed by atoms with van der Waals surface area (Å²) < 4.78 is 5.72. The van der Waals surface area contributed by atoms with Gasteiger partial charge in [-0.15, -0.1) is 0 Å². The lowest BCUT2D eigenvalue weighted by Gasteiger charge is -2.24. The van der Waals surface area contributed by atoms with Gasteiger partial charge in [0.05, 0.1) is 24.4 Å². The number of nitriles is 1. The Bertz CT molecular complexity index is 891. The van der Waals surface area contributed by atoms with Gasteiger partial charge in [-0.2, -0.15) is 5.26 Å². The number of ether oxygens (including phenoxy) is 1. The van der Waals surface area contributed by atoms with Crippen LogP contribution in [0.4, 0.5) is 5.69 Å². The second kappa shape index (κ2) is 5.83. The molecule has 116 valence electrons. The Kier molecular flexibility index (Phi) is 3.54. The first-order valence-corrected chi connectivity index (χ1v) is 7.58. The summed E-state index contributed by atoms with van der Waals surface area (Å²) in [5, 5.41) is 17.8. The molecular weight excluding hydrogens is 292 g/mol. The zero-order valence-corrected chi connectivity index (χ0v) is 12.5. The summed E-state index contributed by atoms with van der Waals surface area (Å²) in [4.78, 5) is 11.7. The van der Waals surface area contributed by atoms with E-state index < -0.39 is 0 Å². The van der Waals surface area contributed by atoms with Crippen LogP contribution in [-0.2, 0) is 4.74 Å². The summed E-state index contributed by atoms with van der Waals surface area (Å²) in [7, 11) is 0. The van der Waals surface area contributed by atoms with Crippen LogP contribution in [0.15, 0.2) is 24.5 Å². The highest BCUT2D eigenvalue weighted by Crippen LogP contribution is 2.30. The molecule has 1 aliphatic heterocycles. The number of hydrogen-bond donors (Lipinski definition) is 3. The van der Waals surface area contributed by atoms with Crippen molar-refractivity contribution in [2.75, 3.05) is 31.6 Å². The maximum Gasteiger partial charge on any atom is 0.141 e. The Hall–Kier alpha value is -2.69. The van der Waals surface area contributed by atoms with Crippen molar-refractivity contribution in [3.05, 3.63) is 30.2 Å². The van der Waals surface area contributed by atoms with E-state index in [2.05, 4.69) is 31.7 Å². The summed E-state index contributed by atoms with van der Waals surface area (Å²) in [5.74, 6) is 0. The van der Waals surface area contributed by atoms with Crippen LogP contribution in [0.3, 0.4) is 0 Å². The largest absolute Gasteiger partial charge is 0.382 e. The van der Waals surface area contributed by atoms with Crippen LogP contribution >= 0.6 is 0 Å². The smallest absolute Gasteiger partial charge is 0.141 e. The quantitative estimate of drug-likeness (QED) is 0.676. The van der Waals surface area contributed by atoms with Crippen molar-refractivity contribution in [2.45, 2.75) is 6.10 Å². The second-order valence-electron chi connectivity index (χ2n) is 5.51. The fourth-order valence-corrected chi connectivity index (χ4v) is 2.90. The summed E-state index contributed by atoms with van der Waals surface area (Å²) >= 11 is 0. The minimum absolute atomic E-state index is 0.147. The van der Waals surface area contributed by atoms with E-state index in [-0.39, 0.29) is 6.10 Å². The molecule has 0 radical (unpaired) electrons. The van der Waals surface area contributed by atoms with E-state index >= 15 is 0 Å². The molecule has 4 rings (SSSR count). The number of hydrogen-bond acceptors (Lipinski definition) is 6. The predicted octanol–water partition coefficient (Wildman–Crippen LogP) is 1.38. The SMILES string of the molecule is N#Cc1cc2c(cn1)[nH]c1nccc(NCC3CNCCO3)c12. The van der Waals surface area contributed by atoms with Gasteiger partial charge in [0.2, 0.25) is 0 Å². The lowest BCUT2D eigenvalue weighted by molar-refractivity contribution is 0.0372. The van der Waals surface area contributed by atoms with Crippen LogP contribution < -0.4 is 10.6 Å². The van der Waals surface area contributed by atoms with Crippen molar-refractivity contribution in [3.63, 3.8) is 0 Å². The molecule has 3 aromatic heterocycles. The first kappa shape index (κ1) is 13.9. The number of H-pyrrole nitrogens is 1. The average molecular weight is 308 g/mol. The van der Waals surface area contributed by atoms with Crippen molar-refractivity contribution in [1.82, 2.24) is 20.3 Å². The second-order valence-corrected chi connectivity index (χ2v) is 5.51. The van der Waals surface area contributed by atoms with Crippen LogP contribution in [0.2, 0.25) is 0 Å². The molecule has 0 bridgehead atoms. The number of anilines is 1. The van der Waals surface area contributed by atoms with Crippen molar-refractivity contribution in [3.8, 4) is 6.07 Å². The van der Waals surface area contributed by atoms with Crippen LogP contribution in [-0.4, -0.2) is 47.3 Å². The number of rotatable bonds is 3. The van der Waals surface area contributed by atoms with Gasteiger partial charge < -0.3 is 20.4 Å². The van der Waals surface area contributed by atoms with Gasteiger partial charge in [-0.1, -0.05) is 0 Å².